The van der Waals surface area contributed by atoms with Gasteiger partial charge in [0, 0.05) is 6.04 Å². The van der Waals surface area contributed by atoms with Crippen molar-refractivity contribution in [2.45, 2.75) is 31.2 Å². The third-order valence-corrected chi connectivity index (χ3v) is 4.39. The second-order valence-electron chi connectivity index (χ2n) is 4.57. The highest BCUT2D eigenvalue weighted by molar-refractivity contribution is 7.92. The Morgan fingerprint density at radius 3 is 2.71 bits per heavy atom. The molecular formula is C13H18N4O3S. The van der Waals surface area contributed by atoms with Gasteiger partial charge in [0.05, 0.1) is 4.90 Å². The molecular weight excluding hydrogens is 292 g/mol. The van der Waals surface area contributed by atoms with Gasteiger partial charge in [0.25, 0.3) is 10.0 Å². The van der Waals surface area contributed by atoms with E-state index in [0.29, 0.717) is 5.82 Å². The maximum absolute atomic E-state index is 12.3. The van der Waals surface area contributed by atoms with Crippen molar-refractivity contribution < 1.29 is 12.9 Å². The van der Waals surface area contributed by atoms with Gasteiger partial charge in [-0.1, -0.05) is 24.2 Å². The molecule has 0 amide bonds. The lowest BCUT2D eigenvalue weighted by atomic mass is 10.1. The molecule has 1 heterocycles. The molecule has 1 aromatic heterocycles. The average Bonchev–Trinajstić information content (AvgIpc) is 2.85. The number of hydrogen-bond acceptors (Lipinski definition) is 6. The summed E-state index contributed by atoms with van der Waals surface area (Å²) in [5.41, 5.74) is 0.907. The van der Waals surface area contributed by atoms with Gasteiger partial charge in [0.2, 0.25) is 0 Å². The predicted molar refractivity (Wildman–Crippen MR) is 78.4 cm³/mol. The number of benzene rings is 1. The fourth-order valence-corrected chi connectivity index (χ4v) is 3.00. The standard InChI is InChI=1S/C13H18N4O3S/c1-4-12(14-3)10-6-5-7-11(8-10)21(18,19)17-13-15-9(2)16-20-13/h5-8,12,14H,4H2,1-3H3,(H,15,16,17). The molecule has 114 valence electrons. The largest absolute Gasteiger partial charge is 0.335 e. The number of rotatable bonds is 6. The van der Waals surface area contributed by atoms with Crippen LogP contribution in [-0.4, -0.2) is 25.6 Å². The van der Waals surface area contributed by atoms with Crippen LogP contribution < -0.4 is 10.0 Å². The van der Waals surface area contributed by atoms with Crippen LogP contribution in [0.25, 0.3) is 0 Å². The van der Waals surface area contributed by atoms with E-state index in [-0.39, 0.29) is 17.0 Å². The minimum absolute atomic E-state index is 0.103. The van der Waals surface area contributed by atoms with E-state index in [1.807, 2.05) is 20.0 Å². The summed E-state index contributed by atoms with van der Waals surface area (Å²) in [7, 11) is -1.90. The topological polar surface area (TPSA) is 97.1 Å². The maximum atomic E-state index is 12.3. The SMILES string of the molecule is CCC(NC)c1cccc(S(=O)(=O)Nc2nc(C)no2)c1. The molecule has 2 rings (SSSR count). The molecule has 0 bridgehead atoms. The first kappa shape index (κ1) is 15.5. The fraction of sp³-hybridized carbons (Fsp3) is 0.385. The quantitative estimate of drug-likeness (QED) is 0.845. The molecule has 2 aromatic rings. The number of sulfonamides is 1. The van der Waals surface area contributed by atoms with Crippen LogP contribution in [0.2, 0.25) is 0 Å². The molecule has 21 heavy (non-hydrogen) atoms. The minimum Gasteiger partial charge on any atom is -0.314 e. The van der Waals surface area contributed by atoms with Gasteiger partial charge >= 0.3 is 6.01 Å². The van der Waals surface area contributed by atoms with Crippen LogP contribution >= 0.6 is 0 Å². The van der Waals surface area contributed by atoms with Gasteiger partial charge in [0.1, 0.15) is 0 Å². The van der Waals surface area contributed by atoms with Crippen LogP contribution in [0.3, 0.4) is 0 Å². The zero-order valence-electron chi connectivity index (χ0n) is 12.1. The number of hydrogen-bond donors (Lipinski definition) is 2. The van der Waals surface area contributed by atoms with Crippen molar-refractivity contribution in [1.82, 2.24) is 15.5 Å². The average molecular weight is 310 g/mol. The molecule has 0 spiro atoms. The van der Waals surface area contributed by atoms with Crippen LogP contribution in [0.1, 0.15) is 30.8 Å². The summed E-state index contributed by atoms with van der Waals surface area (Å²) < 4.78 is 31.7. The number of nitrogens with zero attached hydrogens (tertiary/aromatic N) is 2. The first-order chi connectivity index (χ1) is 9.96. The monoisotopic (exact) mass is 310 g/mol. The molecule has 0 radical (unpaired) electrons. The summed E-state index contributed by atoms with van der Waals surface area (Å²) in [6.45, 7) is 3.64. The van der Waals surface area contributed by atoms with Crippen LogP contribution in [0, 0.1) is 6.92 Å². The second kappa shape index (κ2) is 6.23. The Bertz CT molecular complexity index is 708. The van der Waals surface area contributed by atoms with Crippen molar-refractivity contribution in [2.24, 2.45) is 0 Å². The first-order valence-electron chi connectivity index (χ1n) is 6.56. The Labute approximate surface area is 123 Å². The van der Waals surface area contributed by atoms with E-state index in [0.717, 1.165) is 12.0 Å². The Morgan fingerprint density at radius 2 is 2.14 bits per heavy atom. The maximum Gasteiger partial charge on any atom is 0.335 e. The highest BCUT2D eigenvalue weighted by Gasteiger charge is 2.19. The minimum atomic E-state index is -3.75. The van der Waals surface area contributed by atoms with Crippen molar-refractivity contribution in [3.63, 3.8) is 0 Å². The summed E-state index contributed by atoms with van der Waals surface area (Å²) in [6.07, 6.45) is 0.857. The van der Waals surface area contributed by atoms with Gasteiger partial charge in [0.15, 0.2) is 5.82 Å². The number of anilines is 1. The van der Waals surface area contributed by atoms with E-state index in [1.165, 1.54) is 6.07 Å². The van der Waals surface area contributed by atoms with E-state index < -0.39 is 10.0 Å². The zero-order chi connectivity index (χ0) is 15.5. The third-order valence-electron chi connectivity index (χ3n) is 3.08. The van der Waals surface area contributed by atoms with Crippen LogP contribution in [0.15, 0.2) is 33.7 Å². The van der Waals surface area contributed by atoms with Crippen LogP contribution in [0.4, 0.5) is 6.01 Å². The Morgan fingerprint density at radius 1 is 1.38 bits per heavy atom. The molecule has 0 fully saturated rings. The molecule has 0 saturated carbocycles. The molecule has 2 N–H and O–H groups in total. The lowest BCUT2D eigenvalue weighted by molar-refractivity contribution is 0.429. The highest BCUT2D eigenvalue weighted by Crippen LogP contribution is 2.21. The zero-order valence-corrected chi connectivity index (χ0v) is 12.9. The second-order valence-corrected chi connectivity index (χ2v) is 6.26. The molecule has 1 atom stereocenters. The molecule has 1 aromatic carbocycles. The number of aromatic nitrogens is 2. The van der Waals surface area contributed by atoms with Crippen molar-refractivity contribution in [3.05, 3.63) is 35.7 Å². The fourth-order valence-electron chi connectivity index (χ4n) is 2.02. The van der Waals surface area contributed by atoms with E-state index in [2.05, 4.69) is 20.2 Å². The van der Waals surface area contributed by atoms with Gasteiger partial charge in [-0.05, 0) is 38.1 Å². The molecule has 0 aliphatic carbocycles. The molecule has 0 aliphatic rings. The van der Waals surface area contributed by atoms with Gasteiger partial charge < -0.3 is 9.84 Å². The summed E-state index contributed by atoms with van der Waals surface area (Å²) in [5.74, 6) is 0.364. The lowest BCUT2D eigenvalue weighted by Gasteiger charge is -2.15. The van der Waals surface area contributed by atoms with E-state index in [4.69, 9.17) is 4.52 Å². The number of aryl methyl sites for hydroxylation is 1. The van der Waals surface area contributed by atoms with Gasteiger partial charge in [-0.2, -0.15) is 4.98 Å². The molecule has 0 saturated heterocycles. The molecule has 7 nitrogen and oxygen atoms in total. The highest BCUT2D eigenvalue weighted by atomic mass is 32.2. The third kappa shape index (κ3) is 3.59. The Hall–Kier alpha value is -1.93. The van der Waals surface area contributed by atoms with Gasteiger partial charge in [-0.25, -0.2) is 13.1 Å². The van der Waals surface area contributed by atoms with E-state index in [9.17, 15) is 8.42 Å². The Kier molecular flexibility index (Phi) is 4.59. The summed E-state index contributed by atoms with van der Waals surface area (Å²) in [4.78, 5) is 3.99. The summed E-state index contributed by atoms with van der Waals surface area (Å²) in [5, 5.41) is 6.69. The van der Waals surface area contributed by atoms with Crippen LogP contribution in [-0.2, 0) is 10.0 Å². The predicted octanol–water partition coefficient (Wildman–Crippen LogP) is 1.85. The summed E-state index contributed by atoms with van der Waals surface area (Å²) in [6, 6.07) is 6.72. The molecule has 1 unspecified atom stereocenters. The van der Waals surface area contributed by atoms with E-state index in [1.54, 1.807) is 19.1 Å². The van der Waals surface area contributed by atoms with Crippen LogP contribution in [0.5, 0.6) is 0 Å². The Balaban J connectivity index is 2.29. The lowest BCUT2D eigenvalue weighted by Crippen LogP contribution is -2.17. The first-order valence-corrected chi connectivity index (χ1v) is 8.05. The normalized spacial score (nSPS) is 13.1. The molecule has 0 aliphatic heterocycles. The number of nitrogens with one attached hydrogen (secondary N) is 2. The van der Waals surface area contributed by atoms with Crippen molar-refractivity contribution in [2.75, 3.05) is 11.8 Å². The smallest absolute Gasteiger partial charge is 0.314 e. The van der Waals surface area contributed by atoms with Gasteiger partial charge in [-0.15, -0.1) is 0 Å². The summed E-state index contributed by atoms with van der Waals surface area (Å²) >= 11 is 0. The van der Waals surface area contributed by atoms with Crippen molar-refractivity contribution in [1.29, 1.82) is 0 Å². The van der Waals surface area contributed by atoms with Crippen molar-refractivity contribution in [3.8, 4) is 0 Å². The molecule has 8 heteroatoms. The van der Waals surface area contributed by atoms with E-state index >= 15 is 0 Å². The van der Waals surface area contributed by atoms with Gasteiger partial charge in [-0.3, -0.25) is 0 Å². The van der Waals surface area contributed by atoms with Crippen molar-refractivity contribution >= 4 is 16.0 Å².